The van der Waals surface area contributed by atoms with Gasteiger partial charge in [-0.25, -0.2) is 0 Å². The van der Waals surface area contributed by atoms with Crippen molar-refractivity contribution in [2.45, 2.75) is 60.4 Å². The maximum atomic E-state index is 4.77. The second-order valence-electron chi connectivity index (χ2n) is 6.95. The third-order valence-corrected chi connectivity index (χ3v) is 4.44. The van der Waals surface area contributed by atoms with Crippen LogP contribution in [-0.2, 0) is 0 Å². The van der Waals surface area contributed by atoms with Gasteiger partial charge in [0, 0.05) is 30.6 Å². The number of halogens is 1. The van der Waals surface area contributed by atoms with Gasteiger partial charge in [-0.05, 0) is 33.1 Å². The molecule has 1 N–H and O–H groups in total. The van der Waals surface area contributed by atoms with E-state index in [4.69, 9.17) is 4.99 Å². The molecule has 1 aliphatic heterocycles. The summed E-state index contributed by atoms with van der Waals surface area (Å²) in [4.78, 5) is 7.18. The molecule has 1 fully saturated rings. The molecule has 0 atom stereocenters. The summed E-state index contributed by atoms with van der Waals surface area (Å²) in [7, 11) is 0. The molecule has 0 radical (unpaired) electrons. The Kier molecular flexibility index (Phi) is 7.14. The number of nitrogens with zero attached hydrogens (tertiary/aromatic N) is 2. The topological polar surface area (TPSA) is 27.6 Å². The fourth-order valence-corrected chi connectivity index (χ4v) is 2.22. The minimum Gasteiger partial charge on any atom is -0.356 e. The average Bonchev–Trinajstić information content (AvgIpc) is 2.24. The second kappa shape index (κ2) is 7.14. The smallest absolute Gasteiger partial charge is 0.194 e. The van der Waals surface area contributed by atoms with Gasteiger partial charge in [-0.1, -0.05) is 27.7 Å². The predicted molar refractivity (Wildman–Crippen MR) is 95.4 cm³/mol. The van der Waals surface area contributed by atoms with E-state index in [0.29, 0.717) is 5.41 Å². The first-order valence-electron chi connectivity index (χ1n) is 7.28. The lowest BCUT2D eigenvalue weighted by Crippen LogP contribution is -2.72. The SMILES string of the molecule is CCNC(=NCCC(C)C)N1CC(C)(C)C1(C)C.I. The molecule has 1 saturated heterocycles. The van der Waals surface area contributed by atoms with Gasteiger partial charge in [0.1, 0.15) is 0 Å². The van der Waals surface area contributed by atoms with Crippen LogP contribution in [0.1, 0.15) is 54.9 Å². The summed E-state index contributed by atoms with van der Waals surface area (Å²) in [5, 5.41) is 3.43. The molecular formula is C15H32IN3. The molecule has 1 aliphatic rings. The quantitative estimate of drug-likeness (QED) is 0.457. The van der Waals surface area contributed by atoms with Gasteiger partial charge < -0.3 is 10.2 Å². The van der Waals surface area contributed by atoms with Crippen LogP contribution < -0.4 is 5.32 Å². The lowest BCUT2D eigenvalue weighted by molar-refractivity contribution is -0.0667. The summed E-state index contributed by atoms with van der Waals surface area (Å²) >= 11 is 0. The molecule has 114 valence electrons. The average molecular weight is 381 g/mol. The van der Waals surface area contributed by atoms with Crippen LogP contribution in [0, 0.1) is 11.3 Å². The largest absolute Gasteiger partial charge is 0.356 e. The molecule has 1 rings (SSSR count). The number of aliphatic imine (C=N–C) groups is 1. The standard InChI is InChI=1S/C15H31N3.HI/c1-8-16-13(17-10-9-12(2)3)18-11-14(4,5)15(18,6)7;/h12H,8-11H2,1-7H3,(H,16,17);1H. The van der Waals surface area contributed by atoms with Gasteiger partial charge in [-0.2, -0.15) is 0 Å². The van der Waals surface area contributed by atoms with Gasteiger partial charge in [-0.3, -0.25) is 4.99 Å². The Bertz CT molecular complexity index is 309. The van der Waals surface area contributed by atoms with E-state index in [1.807, 2.05) is 0 Å². The molecule has 0 saturated carbocycles. The Morgan fingerprint density at radius 2 is 1.84 bits per heavy atom. The van der Waals surface area contributed by atoms with Crippen LogP contribution in [-0.4, -0.2) is 36.0 Å². The highest BCUT2D eigenvalue weighted by molar-refractivity contribution is 14.0. The van der Waals surface area contributed by atoms with Crippen LogP contribution in [0.2, 0.25) is 0 Å². The predicted octanol–water partition coefficient (Wildman–Crippen LogP) is 3.74. The summed E-state index contributed by atoms with van der Waals surface area (Å²) in [5.41, 5.74) is 0.549. The minimum absolute atomic E-state index is 0. The molecule has 0 aromatic heterocycles. The van der Waals surface area contributed by atoms with Gasteiger partial charge in [0.05, 0.1) is 0 Å². The van der Waals surface area contributed by atoms with Crippen molar-refractivity contribution in [3.8, 4) is 0 Å². The summed E-state index contributed by atoms with van der Waals surface area (Å²) in [5.74, 6) is 1.81. The highest BCUT2D eigenvalue weighted by Gasteiger charge is 2.53. The van der Waals surface area contributed by atoms with Crippen LogP contribution in [0.4, 0.5) is 0 Å². The maximum absolute atomic E-state index is 4.77. The molecule has 1 heterocycles. The zero-order valence-electron chi connectivity index (χ0n) is 13.7. The number of nitrogens with one attached hydrogen (secondary N) is 1. The number of likely N-dealkylation sites (tertiary alicyclic amines) is 1. The molecule has 0 amide bonds. The third kappa shape index (κ3) is 4.23. The summed E-state index contributed by atoms with van der Waals surface area (Å²) in [6, 6.07) is 0. The van der Waals surface area contributed by atoms with E-state index in [0.717, 1.165) is 37.9 Å². The summed E-state index contributed by atoms with van der Waals surface area (Å²) in [6.45, 7) is 18.9. The first-order chi connectivity index (χ1) is 8.22. The van der Waals surface area contributed by atoms with Crippen molar-refractivity contribution < 1.29 is 0 Å². The van der Waals surface area contributed by atoms with Crippen LogP contribution >= 0.6 is 24.0 Å². The highest BCUT2D eigenvalue weighted by atomic mass is 127. The minimum atomic E-state index is 0. The van der Waals surface area contributed by atoms with E-state index in [9.17, 15) is 0 Å². The fraction of sp³-hybridized carbons (Fsp3) is 0.933. The molecular weight excluding hydrogens is 349 g/mol. The van der Waals surface area contributed by atoms with Gasteiger partial charge >= 0.3 is 0 Å². The Balaban J connectivity index is 0.00000324. The van der Waals surface area contributed by atoms with Crippen molar-refractivity contribution in [2.24, 2.45) is 16.3 Å². The maximum Gasteiger partial charge on any atom is 0.194 e. The van der Waals surface area contributed by atoms with Crippen LogP contribution in [0.5, 0.6) is 0 Å². The molecule has 0 aromatic carbocycles. The van der Waals surface area contributed by atoms with Gasteiger partial charge in [0.15, 0.2) is 5.96 Å². The molecule has 0 unspecified atom stereocenters. The third-order valence-electron chi connectivity index (χ3n) is 4.44. The van der Waals surface area contributed by atoms with Gasteiger partial charge in [0.2, 0.25) is 0 Å². The van der Waals surface area contributed by atoms with Gasteiger partial charge in [0.25, 0.3) is 0 Å². The zero-order chi connectivity index (χ0) is 14.0. The Morgan fingerprint density at radius 1 is 1.26 bits per heavy atom. The first-order valence-corrected chi connectivity index (χ1v) is 7.28. The number of rotatable bonds is 4. The van der Waals surface area contributed by atoms with Crippen molar-refractivity contribution in [2.75, 3.05) is 19.6 Å². The van der Waals surface area contributed by atoms with Crippen molar-refractivity contribution in [1.82, 2.24) is 10.2 Å². The van der Waals surface area contributed by atoms with E-state index >= 15 is 0 Å². The lowest BCUT2D eigenvalue weighted by Gasteiger charge is -2.62. The number of hydrogen-bond acceptors (Lipinski definition) is 1. The fourth-order valence-electron chi connectivity index (χ4n) is 2.22. The molecule has 0 aromatic rings. The van der Waals surface area contributed by atoms with E-state index in [2.05, 4.69) is 58.7 Å². The number of guanidine groups is 1. The van der Waals surface area contributed by atoms with Crippen molar-refractivity contribution in [3.05, 3.63) is 0 Å². The first kappa shape index (κ1) is 19.0. The van der Waals surface area contributed by atoms with E-state index in [1.54, 1.807) is 0 Å². The normalized spacial score (nSPS) is 20.8. The molecule has 0 aliphatic carbocycles. The summed E-state index contributed by atoms with van der Waals surface area (Å²) < 4.78 is 0. The van der Waals surface area contributed by atoms with Crippen molar-refractivity contribution in [1.29, 1.82) is 0 Å². The summed E-state index contributed by atoms with van der Waals surface area (Å²) in [6.07, 6.45) is 1.16. The molecule has 3 nitrogen and oxygen atoms in total. The number of hydrogen-bond donors (Lipinski definition) is 1. The zero-order valence-corrected chi connectivity index (χ0v) is 16.0. The van der Waals surface area contributed by atoms with Crippen molar-refractivity contribution in [3.63, 3.8) is 0 Å². The van der Waals surface area contributed by atoms with Crippen LogP contribution in [0.15, 0.2) is 4.99 Å². The molecule has 0 spiro atoms. The molecule has 0 bridgehead atoms. The van der Waals surface area contributed by atoms with Crippen molar-refractivity contribution >= 4 is 29.9 Å². The Labute approximate surface area is 136 Å². The van der Waals surface area contributed by atoms with E-state index < -0.39 is 0 Å². The van der Waals surface area contributed by atoms with Crippen LogP contribution in [0.3, 0.4) is 0 Å². The van der Waals surface area contributed by atoms with E-state index in [-0.39, 0.29) is 29.5 Å². The lowest BCUT2D eigenvalue weighted by atomic mass is 9.65. The van der Waals surface area contributed by atoms with Gasteiger partial charge in [-0.15, -0.1) is 24.0 Å². The molecule has 19 heavy (non-hydrogen) atoms. The second-order valence-corrected chi connectivity index (χ2v) is 6.95. The monoisotopic (exact) mass is 381 g/mol. The Hall–Kier alpha value is 0. The highest BCUT2D eigenvalue weighted by Crippen LogP contribution is 2.46. The van der Waals surface area contributed by atoms with E-state index in [1.165, 1.54) is 0 Å². The Morgan fingerprint density at radius 3 is 2.21 bits per heavy atom. The molecule has 4 heteroatoms. The van der Waals surface area contributed by atoms with Crippen LogP contribution in [0.25, 0.3) is 0 Å².